The van der Waals surface area contributed by atoms with Crippen molar-refractivity contribution in [1.29, 1.82) is 0 Å². The summed E-state index contributed by atoms with van der Waals surface area (Å²) in [5, 5.41) is 4.03. The third kappa shape index (κ3) is 5.45. The summed E-state index contributed by atoms with van der Waals surface area (Å²) in [6, 6.07) is 42.6. The zero-order valence-corrected chi connectivity index (χ0v) is 21.0. The van der Waals surface area contributed by atoms with Crippen molar-refractivity contribution in [2.24, 2.45) is 0 Å². The minimum absolute atomic E-state index is 0. The lowest BCUT2D eigenvalue weighted by Gasteiger charge is -2.27. The second-order valence-electron chi connectivity index (χ2n) is 7.66. The van der Waals surface area contributed by atoms with Crippen LogP contribution in [0.4, 0.5) is 0 Å². The molecule has 0 atom stereocenters. The molecule has 4 aromatic rings. The van der Waals surface area contributed by atoms with E-state index in [4.69, 9.17) is 0 Å². The fourth-order valence-corrected chi connectivity index (χ4v) is 8.52. The van der Waals surface area contributed by atoms with Crippen LogP contribution in [-0.4, -0.2) is 12.1 Å². The summed E-state index contributed by atoms with van der Waals surface area (Å²) < 4.78 is 0. The van der Waals surface area contributed by atoms with Crippen LogP contribution in [0, 0.1) is 0 Å². The maximum atomic E-state index is 11.9. The summed E-state index contributed by atoms with van der Waals surface area (Å²) in [6.45, 7) is 0. The number of hydrogen-bond donors (Lipinski definition) is 0. The van der Waals surface area contributed by atoms with Gasteiger partial charge in [0.1, 0.15) is 29.1 Å². The topological polar surface area (TPSA) is 17.1 Å². The molecule has 4 rings (SSSR count). The molecule has 0 aliphatic carbocycles. The van der Waals surface area contributed by atoms with E-state index in [0.29, 0.717) is 6.42 Å². The van der Waals surface area contributed by atoms with Crippen LogP contribution in [0.15, 0.2) is 127 Å². The number of halogens is 1. The molecule has 0 heterocycles. The predicted molar refractivity (Wildman–Crippen MR) is 134 cm³/mol. The molecule has 3 heteroatoms. The standard InChI is InChI=1S/C29H26OP.HI/c30-24-26(23-25-13-5-1-6-14-25)21-22-31(27-15-7-2-8-16-27,28-17-9-3-10-18-28)29-19-11-4-12-20-29;/h1-20H,21-23H2;1H/q+1;/p-1. The van der Waals surface area contributed by atoms with E-state index in [0.717, 1.165) is 23.7 Å². The van der Waals surface area contributed by atoms with E-state index in [1.54, 1.807) is 0 Å². The lowest BCUT2D eigenvalue weighted by molar-refractivity contribution is -0.00000707. The van der Waals surface area contributed by atoms with E-state index in [1.807, 2.05) is 18.2 Å². The van der Waals surface area contributed by atoms with Crippen LogP contribution >= 0.6 is 7.26 Å². The monoisotopic (exact) mass is 548 g/mol. The predicted octanol–water partition coefficient (Wildman–Crippen LogP) is 2.38. The van der Waals surface area contributed by atoms with Gasteiger partial charge in [0.15, 0.2) is 0 Å². The van der Waals surface area contributed by atoms with Gasteiger partial charge >= 0.3 is 0 Å². The van der Waals surface area contributed by atoms with Crippen LogP contribution in [0.2, 0.25) is 0 Å². The minimum atomic E-state index is -1.92. The smallest absolute Gasteiger partial charge is 0.124 e. The summed E-state index contributed by atoms with van der Waals surface area (Å²) in [4.78, 5) is 11.9. The Hall–Kier alpha value is -2.51. The molecule has 0 N–H and O–H groups in total. The lowest BCUT2D eigenvalue weighted by Crippen LogP contribution is -3.00. The molecule has 0 saturated heterocycles. The van der Waals surface area contributed by atoms with Crippen LogP contribution in [0.25, 0.3) is 0 Å². The van der Waals surface area contributed by atoms with Gasteiger partial charge in [-0.15, -0.1) is 0 Å². The fraction of sp³-hybridized carbons (Fsp3) is 0.103. The largest absolute Gasteiger partial charge is 1.00 e. The first kappa shape index (κ1) is 24.1. The highest BCUT2D eigenvalue weighted by molar-refractivity contribution is 7.95. The molecule has 0 radical (unpaired) electrons. The number of benzene rings is 4. The van der Waals surface area contributed by atoms with E-state index in [2.05, 4.69) is 109 Å². The van der Waals surface area contributed by atoms with Crippen molar-refractivity contribution in [3.8, 4) is 0 Å². The van der Waals surface area contributed by atoms with E-state index in [9.17, 15) is 4.79 Å². The molecule has 0 aliphatic heterocycles. The van der Waals surface area contributed by atoms with Gasteiger partial charge in [-0.3, -0.25) is 0 Å². The van der Waals surface area contributed by atoms with Crippen molar-refractivity contribution in [2.45, 2.75) is 12.8 Å². The van der Waals surface area contributed by atoms with Gasteiger partial charge in [-0.1, -0.05) is 84.9 Å². The summed E-state index contributed by atoms with van der Waals surface area (Å²) in [5.41, 5.74) is 1.99. The molecule has 32 heavy (non-hydrogen) atoms. The van der Waals surface area contributed by atoms with Crippen molar-refractivity contribution in [3.63, 3.8) is 0 Å². The maximum absolute atomic E-state index is 11.9. The molecule has 0 fully saturated rings. The van der Waals surface area contributed by atoms with Gasteiger partial charge in [-0.2, -0.15) is 0 Å². The van der Waals surface area contributed by atoms with Crippen LogP contribution in [0.3, 0.4) is 0 Å². The van der Waals surface area contributed by atoms with E-state index in [-0.39, 0.29) is 24.0 Å². The highest BCUT2D eigenvalue weighted by Crippen LogP contribution is 2.56. The molecule has 0 spiro atoms. The average Bonchev–Trinajstić information content (AvgIpc) is 2.86. The second kappa shape index (κ2) is 11.9. The molecule has 0 bridgehead atoms. The summed E-state index contributed by atoms with van der Waals surface area (Å²) >= 11 is 0. The molecule has 0 aromatic heterocycles. The summed E-state index contributed by atoms with van der Waals surface area (Å²) in [7, 11) is -1.92. The Kier molecular flexibility index (Phi) is 9.00. The van der Waals surface area contributed by atoms with Gasteiger partial charge in [0.2, 0.25) is 0 Å². The minimum Gasteiger partial charge on any atom is -1.00 e. The third-order valence-electron chi connectivity index (χ3n) is 5.74. The SMILES string of the molecule is O=C=C(CC[P+](c1ccccc1)(c1ccccc1)c1ccccc1)Cc1ccccc1.[I-]. The zero-order valence-electron chi connectivity index (χ0n) is 17.9. The van der Waals surface area contributed by atoms with Crippen molar-refractivity contribution in [2.75, 3.05) is 6.16 Å². The quantitative estimate of drug-likeness (QED) is 0.188. The maximum Gasteiger partial charge on any atom is 0.124 e. The van der Waals surface area contributed by atoms with Crippen LogP contribution in [0.1, 0.15) is 12.0 Å². The molecular weight excluding hydrogens is 522 g/mol. The highest BCUT2D eigenvalue weighted by Gasteiger charge is 2.44. The Morgan fingerprint density at radius 3 is 1.34 bits per heavy atom. The van der Waals surface area contributed by atoms with Crippen molar-refractivity contribution in [1.82, 2.24) is 0 Å². The Morgan fingerprint density at radius 1 is 0.594 bits per heavy atom. The molecular formula is C29H26IOP. The second-order valence-corrected chi connectivity index (χ2v) is 11.3. The van der Waals surface area contributed by atoms with Gasteiger partial charge < -0.3 is 24.0 Å². The Balaban J connectivity index is 0.00000289. The third-order valence-corrected chi connectivity index (χ3v) is 10.2. The average molecular weight is 548 g/mol. The molecule has 0 saturated carbocycles. The molecule has 0 amide bonds. The summed E-state index contributed by atoms with van der Waals surface area (Å²) in [6.07, 6.45) is 2.29. The first-order chi connectivity index (χ1) is 15.3. The first-order valence-electron chi connectivity index (χ1n) is 10.6. The lowest BCUT2D eigenvalue weighted by atomic mass is 10.0. The number of carbonyl (C=O) groups excluding carboxylic acids is 1. The molecule has 1 nitrogen and oxygen atoms in total. The fourth-order valence-electron chi connectivity index (χ4n) is 4.20. The Bertz CT molecular complexity index is 1040. The van der Waals surface area contributed by atoms with Crippen LogP contribution in [0.5, 0.6) is 0 Å². The van der Waals surface area contributed by atoms with Crippen LogP contribution in [-0.2, 0) is 11.2 Å². The van der Waals surface area contributed by atoms with Crippen molar-refractivity contribution < 1.29 is 28.8 Å². The van der Waals surface area contributed by atoms with E-state index in [1.165, 1.54) is 15.9 Å². The summed E-state index contributed by atoms with van der Waals surface area (Å²) in [5.74, 6) is 2.26. The van der Waals surface area contributed by atoms with E-state index >= 15 is 0 Å². The van der Waals surface area contributed by atoms with Crippen LogP contribution < -0.4 is 39.9 Å². The highest BCUT2D eigenvalue weighted by atomic mass is 127. The Morgan fingerprint density at radius 2 is 0.969 bits per heavy atom. The zero-order chi connectivity index (χ0) is 21.4. The van der Waals surface area contributed by atoms with Gasteiger partial charge in [-0.25, -0.2) is 4.79 Å². The molecule has 160 valence electrons. The van der Waals surface area contributed by atoms with Gasteiger partial charge in [0.05, 0.1) is 6.16 Å². The number of hydrogen-bond acceptors (Lipinski definition) is 1. The van der Waals surface area contributed by atoms with E-state index < -0.39 is 7.26 Å². The normalized spacial score (nSPS) is 10.6. The first-order valence-corrected chi connectivity index (χ1v) is 12.6. The number of rotatable bonds is 8. The number of allylic oxidation sites excluding steroid dienone is 1. The van der Waals surface area contributed by atoms with Gasteiger partial charge in [-0.05, 0) is 42.0 Å². The molecule has 0 unspecified atom stereocenters. The van der Waals surface area contributed by atoms with Gasteiger partial charge in [0, 0.05) is 18.4 Å². The van der Waals surface area contributed by atoms with Gasteiger partial charge in [0.25, 0.3) is 0 Å². The van der Waals surface area contributed by atoms with Crippen molar-refractivity contribution in [3.05, 3.63) is 132 Å². The molecule has 0 aliphatic rings. The Labute approximate surface area is 208 Å². The molecule has 4 aromatic carbocycles. The van der Waals surface area contributed by atoms with Crippen molar-refractivity contribution >= 4 is 29.1 Å².